The number of aromatic carboxylic acids is 1. The molecule has 1 aromatic carbocycles. The molecule has 0 spiro atoms. The van der Waals surface area contributed by atoms with Crippen LogP contribution >= 0.6 is 0 Å². The smallest absolute Gasteiger partial charge is 0.335 e. The summed E-state index contributed by atoms with van der Waals surface area (Å²) in [6, 6.07) is 1.81. The third kappa shape index (κ3) is 2.87. The summed E-state index contributed by atoms with van der Waals surface area (Å²) in [4.78, 5) is 11.3. The van der Waals surface area contributed by atoms with E-state index in [-0.39, 0.29) is 0 Å². The Morgan fingerprint density at radius 3 is 2.37 bits per heavy atom. The molecule has 3 heteroatoms. The molecule has 0 aliphatic carbocycles. The number of nitrogens with one attached hydrogen (secondary N) is 1. The Kier molecular flexibility index (Phi) is 4.05. The maximum Gasteiger partial charge on any atom is 0.335 e. The second kappa shape index (κ2) is 5.57. The number of carboxylic acid groups (broad SMARTS) is 1. The molecular formula is C16H21NO2. The maximum absolute atomic E-state index is 11.3. The van der Waals surface area contributed by atoms with Gasteiger partial charge in [0, 0.05) is 0 Å². The Morgan fingerprint density at radius 2 is 1.79 bits per heavy atom. The quantitative estimate of drug-likeness (QED) is 0.858. The molecule has 2 N–H and O–H groups in total. The zero-order chi connectivity index (χ0) is 14.0. The highest BCUT2D eigenvalue weighted by atomic mass is 16.4. The van der Waals surface area contributed by atoms with Crippen LogP contribution in [0.1, 0.15) is 45.5 Å². The fraction of sp³-hybridized carbons (Fsp3) is 0.438. The number of carboxylic acids is 1. The van der Waals surface area contributed by atoms with E-state index >= 15 is 0 Å². The van der Waals surface area contributed by atoms with E-state index in [0.717, 1.165) is 42.6 Å². The SMILES string of the molecule is Cc1c(C=C2CCNCC2)cc(C(=O)O)c(C)c1C. The molecule has 1 aromatic rings. The van der Waals surface area contributed by atoms with Gasteiger partial charge in [-0.2, -0.15) is 0 Å². The van der Waals surface area contributed by atoms with Crippen LogP contribution in [0.25, 0.3) is 6.08 Å². The minimum Gasteiger partial charge on any atom is -0.478 e. The van der Waals surface area contributed by atoms with Gasteiger partial charge in [-0.05, 0) is 75.0 Å². The minimum atomic E-state index is -0.842. The van der Waals surface area contributed by atoms with E-state index in [1.807, 2.05) is 19.9 Å². The van der Waals surface area contributed by atoms with Gasteiger partial charge in [-0.1, -0.05) is 11.6 Å². The van der Waals surface area contributed by atoms with Crippen LogP contribution in [-0.2, 0) is 0 Å². The highest BCUT2D eigenvalue weighted by Gasteiger charge is 2.14. The van der Waals surface area contributed by atoms with Crippen molar-refractivity contribution in [1.82, 2.24) is 5.32 Å². The molecule has 1 fully saturated rings. The lowest BCUT2D eigenvalue weighted by Gasteiger charge is -2.17. The van der Waals surface area contributed by atoms with Crippen LogP contribution in [0, 0.1) is 20.8 Å². The van der Waals surface area contributed by atoms with Gasteiger partial charge in [-0.15, -0.1) is 0 Å². The van der Waals surface area contributed by atoms with Gasteiger partial charge < -0.3 is 10.4 Å². The molecule has 1 aliphatic heterocycles. The van der Waals surface area contributed by atoms with Crippen molar-refractivity contribution in [2.75, 3.05) is 13.1 Å². The number of hydrogen-bond donors (Lipinski definition) is 2. The summed E-state index contributed by atoms with van der Waals surface area (Å²) in [5, 5.41) is 12.6. The highest BCUT2D eigenvalue weighted by Crippen LogP contribution is 2.25. The van der Waals surface area contributed by atoms with Crippen LogP contribution < -0.4 is 5.32 Å². The second-order valence-electron chi connectivity index (χ2n) is 5.25. The van der Waals surface area contributed by atoms with Gasteiger partial charge in [-0.3, -0.25) is 0 Å². The molecule has 0 radical (unpaired) electrons. The van der Waals surface area contributed by atoms with Crippen LogP contribution in [0.3, 0.4) is 0 Å². The molecule has 102 valence electrons. The van der Waals surface area contributed by atoms with E-state index in [9.17, 15) is 9.90 Å². The first-order valence-corrected chi connectivity index (χ1v) is 6.75. The molecule has 1 heterocycles. The van der Waals surface area contributed by atoms with Crippen LogP contribution in [0.15, 0.2) is 11.6 Å². The largest absolute Gasteiger partial charge is 0.478 e. The van der Waals surface area contributed by atoms with Gasteiger partial charge in [0.1, 0.15) is 0 Å². The first-order chi connectivity index (χ1) is 9.00. The molecule has 0 amide bonds. The third-order valence-corrected chi connectivity index (χ3v) is 4.10. The van der Waals surface area contributed by atoms with Gasteiger partial charge in [0.05, 0.1) is 5.56 Å². The Morgan fingerprint density at radius 1 is 1.16 bits per heavy atom. The van der Waals surface area contributed by atoms with Crippen molar-refractivity contribution in [3.63, 3.8) is 0 Å². The summed E-state index contributed by atoms with van der Waals surface area (Å²) < 4.78 is 0. The van der Waals surface area contributed by atoms with Crippen molar-refractivity contribution in [1.29, 1.82) is 0 Å². The number of carbonyl (C=O) groups is 1. The average molecular weight is 259 g/mol. The maximum atomic E-state index is 11.3. The van der Waals surface area contributed by atoms with Gasteiger partial charge in [0.25, 0.3) is 0 Å². The Labute approximate surface area is 114 Å². The lowest BCUT2D eigenvalue weighted by atomic mass is 9.91. The summed E-state index contributed by atoms with van der Waals surface area (Å²) >= 11 is 0. The minimum absolute atomic E-state index is 0.420. The van der Waals surface area contributed by atoms with Crippen LogP contribution in [0.5, 0.6) is 0 Å². The normalized spacial score (nSPS) is 15.4. The van der Waals surface area contributed by atoms with Crippen molar-refractivity contribution in [2.45, 2.75) is 33.6 Å². The number of benzene rings is 1. The van der Waals surface area contributed by atoms with E-state index in [2.05, 4.69) is 18.3 Å². The van der Waals surface area contributed by atoms with Crippen LogP contribution in [0.2, 0.25) is 0 Å². The molecule has 0 atom stereocenters. The zero-order valence-corrected chi connectivity index (χ0v) is 11.8. The monoisotopic (exact) mass is 259 g/mol. The number of rotatable bonds is 2. The first kappa shape index (κ1) is 13.8. The summed E-state index contributed by atoms with van der Waals surface area (Å²) in [6.45, 7) is 7.99. The molecule has 1 aliphatic rings. The molecule has 0 aromatic heterocycles. The molecule has 2 rings (SSSR count). The molecule has 19 heavy (non-hydrogen) atoms. The Bertz CT molecular complexity index is 536. The zero-order valence-electron chi connectivity index (χ0n) is 11.8. The van der Waals surface area contributed by atoms with Gasteiger partial charge in [-0.25, -0.2) is 4.79 Å². The molecular weight excluding hydrogens is 238 g/mol. The number of hydrogen-bond acceptors (Lipinski definition) is 2. The van der Waals surface area contributed by atoms with Crippen molar-refractivity contribution in [2.24, 2.45) is 0 Å². The topological polar surface area (TPSA) is 49.3 Å². The van der Waals surface area contributed by atoms with E-state index < -0.39 is 5.97 Å². The molecule has 0 bridgehead atoms. The summed E-state index contributed by atoms with van der Waals surface area (Å²) in [5.74, 6) is -0.842. The van der Waals surface area contributed by atoms with E-state index in [1.165, 1.54) is 11.1 Å². The predicted octanol–water partition coefficient (Wildman–Crippen LogP) is 3.08. The fourth-order valence-corrected chi connectivity index (χ4v) is 2.56. The van der Waals surface area contributed by atoms with E-state index in [1.54, 1.807) is 0 Å². The second-order valence-corrected chi connectivity index (χ2v) is 5.25. The summed E-state index contributed by atoms with van der Waals surface area (Å²) in [7, 11) is 0. The van der Waals surface area contributed by atoms with Crippen molar-refractivity contribution < 1.29 is 9.90 Å². The van der Waals surface area contributed by atoms with Crippen molar-refractivity contribution in [3.8, 4) is 0 Å². The fourth-order valence-electron chi connectivity index (χ4n) is 2.56. The lowest BCUT2D eigenvalue weighted by Crippen LogP contribution is -2.23. The van der Waals surface area contributed by atoms with Crippen molar-refractivity contribution in [3.05, 3.63) is 39.5 Å². The summed E-state index contributed by atoms with van der Waals surface area (Å²) in [6.07, 6.45) is 4.28. The van der Waals surface area contributed by atoms with Crippen LogP contribution in [-0.4, -0.2) is 24.2 Å². The molecule has 0 unspecified atom stereocenters. The first-order valence-electron chi connectivity index (χ1n) is 6.75. The standard InChI is InChI=1S/C16H21NO2/c1-10-11(2)14(8-13-4-6-17-7-5-13)9-15(12(10)3)16(18)19/h8-9,17H,4-7H2,1-3H3,(H,18,19). The summed E-state index contributed by atoms with van der Waals surface area (Å²) in [5.41, 5.74) is 6.02. The average Bonchev–Trinajstić information content (AvgIpc) is 2.40. The van der Waals surface area contributed by atoms with Gasteiger partial charge in [0.2, 0.25) is 0 Å². The third-order valence-electron chi connectivity index (χ3n) is 4.10. The van der Waals surface area contributed by atoms with Crippen LogP contribution in [0.4, 0.5) is 0 Å². The highest BCUT2D eigenvalue weighted by molar-refractivity contribution is 5.91. The number of piperidine rings is 1. The van der Waals surface area contributed by atoms with E-state index in [4.69, 9.17) is 0 Å². The molecule has 1 saturated heterocycles. The van der Waals surface area contributed by atoms with Gasteiger partial charge in [0.15, 0.2) is 0 Å². The van der Waals surface area contributed by atoms with Crippen molar-refractivity contribution >= 4 is 12.0 Å². The van der Waals surface area contributed by atoms with Gasteiger partial charge >= 0.3 is 5.97 Å². The Hall–Kier alpha value is -1.61. The molecule has 0 saturated carbocycles. The predicted molar refractivity (Wildman–Crippen MR) is 77.7 cm³/mol. The molecule has 3 nitrogen and oxygen atoms in total. The lowest BCUT2D eigenvalue weighted by molar-refractivity contribution is 0.0696. The Balaban J connectivity index is 2.48. The van der Waals surface area contributed by atoms with E-state index in [0.29, 0.717) is 5.56 Å².